The zero-order valence-corrected chi connectivity index (χ0v) is 11.3. The second kappa shape index (κ2) is 7.13. The third-order valence-corrected chi connectivity index (χ3v) is 3.65. The maximum Gasteiger partial charge on any atom is 0.162 e. The monoisotopic (exact) mass is 278 g/mol. The number of nitrogens with zero attached hydrogens (tertiary/aromatic N) is 2. The quantitative estimate of drug-likeness (QED) is 0.111. The molecule has 7 heteroatoms. The number of aliphatic hydroxyl groups is 2. The Kier molecular flexibility index (Phi) is 6.14. The van der Waals surface area contributed by atoms with Crippen molar-refractivity contribution in [2.24, 2.45) is 16.8 Å². The molecule has 0 aromatic rings. The summed E-state index contributed by atoms with van der Waals surface area (Å²) in [6, 6.07) is 0.0655. The van der Waals surface area contributed by atoms with Gasteiger partial charge in [-0.3, -0.25) is 5.01 Å². The van der Waals surface area contributed by atoms with Crippen molar-refractivity contribution in [3.63, 3.8) is 0 Å². The Morgan fingerprint density at radius 2 is 1.94 bits per heavy atom. The highest BCUT2D eigenvalue weighted by Crippen LogP contribution is 2.28. The fraction of sp³-hybridized carbons (Fsp3) is 0.909. The van der Waals surface area contributed by atoms with Crippen molar-refractivity contribution in [2.45, 2.75) is 56.8 Å². The number of unbranched alkanes of at least 4 members (excludes halogenated alkanes) is 1. The molecule has 0 bridgehead atoms. The van der Waals surface area contributed by atoms with Gasteiger partial charge in [-0.05, 0) is 25.7 Å². The van der Waals surface area contributed by atoms with Crippen LogP contribution < -0.4 is 11.7 Å². The van der Waals surface area contributed by atoms with Gasteiger partial charge in [-0.15, -0.1) is 11.6 Å². The Bertz CT molecular complexity index is 276. The molecular formula is C11H23ClN4O2. The van der Waals surface area contributed by atoms with Gasteiger partial charge in [0.1, 0.15) is 5.84 Å². The molecule has 0 radical (unpaired) electrons. The Balaban J connectivity index is 2.45. The van der Waals surface area contributed by atoms with Crippen molar-refractivity contribution >= 4 is 17.4 Å². The van der Waals surface area contributed by atoms with Crippen LogP contribution in [0.5, 0.6) is 0 Å². The number of hydrogen-bond acceptors (Lipinski definition) is 5. The molecule has 0 heterocycles. The summed E-state index contributed by atoms with van der Waals surface area (Å²) in [6.45, 7) is 0. The zero-order chi connectivity index (χ0) is 13.6. The molecule has 1 saturated carbocycles. The molecule has 1 aliphatic rings. The minimum atomic E-state index is -1.55. The predicted molar refractivity (Wildman–Crippen MR) is 71.6 cm³/mol. The van der Waals surface area contributed by atoms with Crippen LogP contribution in [0.15, 0.2) is 5.10 Å². The fourth-order valence-corrected chi connectivity index (χ4v) is 2.38. The number of halogens is 1. The normalized spacial score (nSPS) is 21.0. The van der Waals surface area contributed by atoms with E-state index in [1.807, 2.05) is 0 Å². The van der Waals surface area contributed by atoms with Crippen molar-refractivity contribution in [1.82, 2.24) is 5.01 Å². The molecule has 0 aromatic heterocycles. The second-order valence-corrected chi connectivity index (χ2v) is 5.19. The van der Waals surface area contributed by atoms with Gasteiger partial charge < -0.3 is 16.1 Å². The summed E-state index contributed by atoms with van der Waals surface area (Å²) in [5.41, 5.74) is 0. The maximum atomic E-state index is 9.47. The Morgan fingerprint density at radius 3 is 2.44 bits per heavy atom. The van der Waals surface area contributed by atoms with E-state index in [0.29, 0.717) is 43.8 Å². The first-order valence-electron chi connectivity index (χ1n) is 6.31. The molecule has 6 nitrogen and oxygen atoms in total. The molecule has 106 valence electrons. The summed E-state index contributed by atoms with van der Waals surface area (Å²) in [5, 5.41) is 24.2. The van der Waals surface area contributed by atoms with Crippen LogP contribution in [0.2, 0.25) is 0 Å². The van der Waals surface area contributed by atoms with E-state index < -0.39 is 5.79 Å². The highest BCUT2D eigenvalue weighted by Gasteiger charge is 2.33. The lowest BCUT2D eigenvalue weighted by molar-refractivity contribution is -0.186. The number of alkyl halides is 1. The number of nitrogens with two attached hydrogens (primary N) is 2. The maximum absolute atomic E-state index is 9.47. The zero-order valence-electron chi connectivity index (χ0n) is 10.6. The van der Waals surface area contributed by atoms with Crippen molar-refractivity contribution in [2.75, 3.05) is 5.88 Å². The summed E-state index contributed by atoms with van der Waals surface area (Å²) in [4.78, 5) is 0. The molecule has 1 rings (SSSR count). The van der Waals surface area contributed by atoms with E-state index in [4.69, 9.17) is 23.3 Å². The Morgan fingerprint density at radius 1 is 1.33 bits per heavy atom. The number of hydrazine groups is 1. The van der Waals surface area contributed by atoms with Crippen LogP contribution in [0.3, 0.4) is 0 Å². The number of rotatable bonds is 5. The molecule has 0 aromatic carbocycles. The van der Waals surface area contributed by atoms with Gasteiger partial charge in [0.25, 0.3) is 0 Å². The molecule has 18 heavy (non-hydrogen) atoms. The third kappa shape index (κ3) is 4.61. The van der Waals surface area contributed by atoms with Crippen LogP contribution in [0.1, 0.15) is 44.9 Å². The number of hydrazone groups is 1. The van der Waals surface area contributed by atoms with Crippen LogP contribution in [-0.4, -0.2) is 38.8 Å². The smallest absolute Gasteiger partial charge is 0.162 e. The third-order valence-electron chi connectivity index (χ3n) is 3.38. The van der Waals surface area contributed by atoms with Gasteiger partial charge in [-0.2, -0.15) is 5.10 Å². The van der Waals surface area contributed by atoms with Crippen molar-refractivity contribution in [1.29, 1.82) is 0 Å². The summed E-state index contributed by atoms with van der Waals surface area (Å²) < 4.78 is 0. The highest BCUT2D eigenvalue weighted by molar-refractivity contribution is 6.17. The second-order valence-electron chi connectivity index (χ2n) is 4.81. The molecule has 0 unspecified atom stereocenters. The van der Waals surface area contributed by atoms with E-state index >= 15 is 0 Å². The average Bonchev–Trinajstić information content (AvgIpc) is 2.34. The van der Waals surface area contributed by atoms with Gasteiger partial charge >= 0.3 is 0 Å². The SMILES string of the molecule is N/N=C(/CCCCCl)N(N)C1CCC(O)(O)CC1. The Hall–Kier alpha value is -0.560. The van der Waals surface area contributed by atoms with Gasteiger partial charge in [0.05, 0.1) is 0 Å². The molecule has 0 saturated heterocycles. The van der Waals surface area contributed by atoms with Crippen LogP contribution in [-0.2, 0) is 0 Å². The molecule has 1 aliphatic carbocycles. The van der Waals surface area contributed by atoms with Gasteiger partial charge in [0, 0.05) is 31.2 Å². The average molecular weight is 279 g/mol. The van der Waals surface area contributed by atoms with Crippen LogP contribution in [0, 0.1) is 0 Å². The highest BCUT2D eigenvalue weighted by atomic mass is 35.5. The van der Waals surface area contributed by atoms with Crippen LogP contribution >= 0.6 is 11.6 Å². The van der Waals surface area contributed by atoms with Crippen molar-refractivity contribution in [3.05, 3.63) is 0 Å². The van der Waals surface area contributed by atoms with Gasteiger partial charge in [0.2, 0.25) is 0 Å². The summed E-state index contributed by atoms with van der Waals surface area (Å²) in [5.74, 6) is 11.1. The predicted octanol–water partition coefficient (Wildman–Crippen LogP) is 0.467. The van der Waals surface area contributed by atoms with Crippen LogP contribution in [0.25, 0.3) is 0 Å². The van der Waals surface area contributed by atoms with Gasteiger partial charge in [-0.1, -0.05) is 0 Å². The molecule has 0 aliphatic heterocycles. The number of amidine groups is 1. The molecule has 6 N–H and O–H groups in total. The number of hydrogen-bond donors (Lipinski definition) is 4. The standard InChI is InChI=1S/C11H23ClN4O2/c12-8-2-1-3-10(15-13)16(14)9-4-6-11(17,18)7-5-9/h9,17-18H,1-8,13-14H2/b15-10-. The minimum absolute atomic E-state index is 0.0655. The van der Waals surface area contributed by atoms with Crippen molar-refractivity contribution < 1.29 is 10.2 Å². The summed E-state index contributed by atoms with van der Waals surface area (Å²) >= 11 is 5.62. The minimum Gasteiger partial charge on any atom is -0.366 e. The van der Waals surface area contributed by atoms with Gasteiger partial charge in [-0.25, -0.2) is 5.84 Å². The largest absolute Gasteiger partial charge is 0.366 e. The van der Waals surface area contributed by atoms with E-state index in [0.717, 1.165) is 12.8 Å². The molecule has 1 fully saturated rings. The molecule has 0 atom stereocenters. The van der Waals surface area contributed by atoms with Crippen molar-refractivity contribution in [3.8, 4) is 0 Å². The lowest BCUT2D eigenvalue weighted by Gasteiger charge is -2.37. The summed E-state index contributed by atoms with van der Waals surface area (Å²) in [7, 11) is 0. The first-order chi connectivity index (χ1) is 8.50. The topological polar surface area (TPSA) is 108 Å². The van der Waals surface area contributed by atoms with Gasteiger partial charge in [0.15, 0.2) is 5.79 Å². The lowest BCUT2D eigenvalue weighted by atomic mass is 9.90. The fourth-order valence-electron chi connectivity index (χ4n) is 2.19. The first-order valence-corrected chi connectivity index (χ1v) is 6.85. The van der Waals surface area contributed by atoms with E-state index in [9.17, 15) is 10.2 Å². The van der Waals surface area contributed by atoms with E-state index in [-0.39, 0.29) is 6.04 Å². The molecule has 0 amide bonds. The first kappa shape index (κ1) is 15.5. The van der Waals surface area contributed by atoms with E-state index in [1.165, 1.54) is 0 Å². The molecule has 0 spiro atoms. The lowest BCUT2D eigenvalue weighted by Crippen LogP contribution is -2.50. The summed E-state index contributed by atoms with van der Waals surface area (Å²) in [6.07, 6.45) is 4.38. The van der Waals surface area contributed by atoms with E-state index in [2.05, 4.69) is 5.10 Å². The van der Waals surface area contributed by atoms with E-state index in [1.54, 1.807) is 5.01 Å². The Labute approximate surface area is 113 Å². The van der Waals surface area contributed by atoms with Crippen LogP contribution in [0.4, 0.5) is 0 Å². The molecular weight excluding hydrogens is 256 g/mol.